The van der Waals surface area contributed by atoms with E-state index in [4.69, 9.17) is 23.2 Å². The molecule has 0 aromatic carbocycles. The second-order valence-corrected chi connectivity index (χ2v) is 6.92. The van der Waals surface area contributed by atoms with Crippen LogP contribution < -0.4 is 0 Å². The molecule has 0 N–H and O–H groups in total. The highest BCUT2D eigenvalue weighted by Crippen LogP contribution is 2.60. The van der Waals surface area contributed by atoms with Crippen LogP contribution in [-0.2, 0) is 4.79 Å². The van der Waals surface area contributed by atoms with Gasteiger partial charge < -0.3 is 9.80 Å². The Bertz CT molecular complexity index is 369. The number of hydrogen-bond donors (Lipinski definition) is 0. The average molecular weight is 291 g/mol. The van der Waals surface area contributed by atoms with Gasteiger partial charge in [-0.2, -0.15) is 0 Å². The highest BCUT2D eigenvalue weighted by molar-refractivity contribution is 6.55. The normalized spacial score (nSPS) is 31.1. The van der Waals surface area contributed by atoms with E-state index in [0.717, 1.165) is 26.2 Å². The molecule has 0 bridgehead atoms. The second-order valence-electron chi connectivity index (χ2n) is 5.91. The van der Waals surface area contributed by atoms with Gasteiger partial charge in [-0.1, -0.05) is 37.0 Å². The minimum absolute atomic E-state index is 0.0184. The molecule has 1 amide bonds. The summed E-state index contributed by atoms with van der Waals surface area (Å²) in [7, 11) is 2.09. The lowest BCUT2D eigenvalue weighted by Crippen LogP contribution is -2.48. The maximum Gasteiger partial charge on any atom is 0.226 e. The zero-order valence-electron chi connectivity index (χ0n) is 11.1. The lowest BCUT2D eigenvalue weighted by Gasteiger charge is -2.32. The molecule has 0 radical (unpaired) electrons. The molecule has 1 saturated heterocycles. The van der Waals surface area contributed by atoms with Gasteiger partial charge in [0.25, 0.3) is 0 Å². The molecule has 0 aromatic heterocycles. The minimum Gasteiger partial charge on any atom is -0.340 e. The van der Waals surface area contributed by atoms with Crippen molar-refractivity contribution >= 4 is 29.1 Å². The molecule has 1 saturated carbocycles. The van der Waals surface area contributed by atoms with E-state index >= 15 is 0 Å². The smallest absolute Gasteiger partial charge is 0.226 e. The molecule has 1 aliphatic heterocycles. The number of allylic oxidation sites excluding steroid dienone is 1. The van der Waals surface area contributed by atoms with Crippen molar-refractivity contribution in [1.82, 2.24) is 9.80 Å². The van der Waals surface area contributed by atoms with Crippen molar-refractivity contribution in [3.8, 4) is 0 Å². The van der Waals surface area contributed by atoms with Crippen LogP contribution in [0.25, 0.3) is 0 Å². The van der Waals surface area contributed by atoms with Gasteiger partial charge in [0.2, 0.25) is 5.91 Å². The van der Waals surface area contributed by atoms with Crippen molar-refractivity contribution in [1.29, 1.82) is 0 Å². The molecule has 0 aromatic rings. The fraction of sp³-hybridized carbons (Fsp3) is 0.769. The van der Waals surface area contributed by atoms with Crippen LogP contribution in [0.2, 0.25) is 0 Å². The van der Waals surface area contributed by atoms with Crippen LogP contribution in [0.3, 0.4) is 0 Å². The van der Waals surface area contributed by atoms with E-state index in [1.807, 2.05) is 11.0 Å². The molecule has 1 heterocycles. The number of amides is 1. The third kappa shape index (κ3) is 2.68. The van der Waals surface area contributed by atoms with Gasteiger partial charge in [-0.05, 0) is 24.5 Å². The summed E-state index contributed by atoms with van der Waals surface area (Å²) >= 11 is 11.4. The molecule has 102 valence electrons. The summed E-state index contributed by atoms with van der Waals surface area (Å²) in [6.45, 7) is 7.76. The summed E-state index contributed by atoms with van der Waals surface area (Å²) in [6, 6.07) is 0. The Morgan fingerprint density at radius 3 is 2.28 bits per heavy atom. The van der Waals surface area contributed by atoms with Crippen molar-refractivity contribution in [3.05, 3.63) is 10.6 Å². The van der Waals surface area contributed by atoms with E-state index in [9.17, 15) is 4.79 Å². The fourth-order valence-corrected chi connectivity index (χ4v) is 3.09. The molecule has 2 aliphatic rings. The van der Waals surface area contributed by atoms with Gasteiger partial charge in [-0.25, -0.2) is 0 Å². The zero-order valence-corrected chi connectivity index (χ0v) is 12.6. The van der Waals surface area contributed by atoms with Crippen LogP contribution >= 0.6 is 23.2 Å². The van der Waals surface area contributed by atoms with E-state index in [1.54, 1.807) is 0 Å². The standard InChI is InChI=1S/C13H20Cl2N2O/c1-13(2)9(8-10(14)15)11(13)12(18)17-6-4-16(3)5-7-17/h8-9,11H,4-7H2,1-3H3/t9-,11-/m1/s1. The third-order valence-corrected chi connectivity index (χ3v) is 4.55. The third-order valence-electron chi connectivity index (χ3n) is 4.30. The number of halogens is 2. The largest absolute Gasteiger partial charge is 0.340 e. The summed E-state index contributed by atoms with van der Waals surface area (Å²) in [6.07, 6.45) is 1.81. The zero-order chi connectivity index (χ0) is 13.5. The number of hydrogen-bond acceptors (Lipinski definition) is 2. The molecule has 3 nitrogen and oxygen atoms in total. The van der Waals surface area contributed by atoms with Crippen molar-refractivity contribution < 1.29 is 4.79 Å². The molecular weight excluding hydrogens is 271 g/mol. The first kappa shape index (κ1) is 14.2. The summed E-state index contributed by atoms with van der Waals surface area (Å²) < 4.78 is 0.266. The van der Waals surface area contributed by atoms with E-state index in [2.05, 4.69) is 25.8 Å². The molecule has 2 rings (SSSR count). The molecule has 0 spiro atoms. The molecule has 18 heavy (non-hydrogen) atoms. The minimum atomic E-state index is -0.0184. The van der Waals surface area contributed by atoms with Crippen LogP contribution in [0.4, 0.5) is 0 Å². The Kier molecular flexibility index (Phi) is 3.96. The highest BCUT2D eigenvalue weighted by atomic mass is 35.5. The second kappa shape index (κ2) is 5.03. The maximum atomic E-state index is 12.5. The maximum absolute atomic E-state index is 12.5. The average Bonchev–Trinajstić information content (AvgIpc) is 2.79. The Balaban J connectivity index is 2.00. The summed E-state index contributed by atoms with van der Waals surface area (Å²) in [4.78, 5) is 16.7. The fourth-order valence-electron chi connectivity index (χ4n) is 2.82. The number of likely N-dealkylation sites (N-methyl/N-ethyl adjacent to an activating group) is 1. The topological polar surface area (TPSA) is 23.6 Å². The van der Waals surface area contributed by atoms with Crippen molar-refractivity contribution in [3.63, 3.8) is 0 Å². The van der Waals surface area contributed by atoms with Gasteiger partial charge in [0.15, 0.2) is 0 Å². The monoisotopic (exact) mass is 290 g/mol. The first-order valence-electron chi connectivity index (χ1n) is 6.34. The van der Waals surface area contributed by atoms with Crippen LogP contribution in [0.15, 0.2) is 10.6 Å². The Hall–Kier alpha value is -0.250. The van der Waals surface area contributed by atoms with Crippen molar-refractivity contribution in [2.75, 3.05) is 33.2 Å². The van der Waals surface area contributed by atoms with Gasteiger partial charge in [-0.3, -0.25) is 4.79 Å². The van der Waals surface area contributed by atoms with Gasteiger partial charge in [0.05, 0.1) is 5.92 Å². The number of rotatable bonds is 2. The number of piperazine rings is 1. The van der Waals surface area contributed by atoms with Crippen LogP contribution in [0, 0.1) is 17.3 Å². The van der Waals surface area contributed by atoms with E-state index < -0.39 is 0 Å². The Morgan fingerprint density at radius 2 is 1.78 bits per heavy atom. The van der Waals surface area contributed by atoms with Crippen molar-refractivity contribution in [2.45, 2.75) is 13.8 Å². The number of nitrogens with zero attached hydrogens (tertiary/aromatic N) is 2. The molecule has 2 fully saturated rings. The van der Waals surface area contributed by atoms with Gasteiger partial charge in [0, 0.05) is 26.2 Å². The lowest BCUT2D eigenvalue weighted by molar-refractivity contribution is -0.135. The lowest BCUT2D eigenvalue weighted by atomic mass is 10.1. The first-order valence-corrected chi connectivity index (χ1v) is 7.10. The SMILES string of the molecule is CN1CCN(C(=O)[C@H]2[C@@H](C=C(Cl)Cl)C2(C)C)CC1. The van der Waals surface area contributed by atoms with Gasteiger partial charge >= 0.3 is 0 Å². The summed E-state index contributed by atoms with van der Waals surface area (Å²) in [5.41, 5.74) is -0.0184. The van der Waals surface area contributed by atoms with Crippen LogP contribution in [-0.4, -0.2) is 48.9 Å². The van der Waals surface area contributed by atoms with E-state index in [-0.39, 0.29) is 27.6 Å². The molecule has 0 unspecified atom stereocenters. The predicted molar refractivity (Wildman–Crippen MR) is 74.6 cm³/mol. The molecule has 5 heteroatoms. The molecular formula is C13H20Cl2N2O. The molecule has 1 aliphatic carbocycles. The quantitative estimate of drug-likeness (QED) is 0.779. The predicted octanol–water partition coefficient (Wildman–Crippen LogP) is 2.35. The number of carbonyl (C=O) groups is 1. The van der Waals surface area contributed by atoms with Crippen LogP contribution in [0.1, 0.15) is 13.8 Å². The Labute approximate surface area is 119 Å². The molecule has 2 atom stereocenters. The van der Waals surface area contributed by atoms with Crippen LogP contribution in [0.5, 0.6) is 0 Å². The van der Waals surface area contributed by atoms with E-state index in [1.165, 1.54) is 0 Å². The van der Waals surface area contributed by atoms with Crippen molar-refractivity contribution in [2.24, 2.45) is 17.3 Å². The highest BCUT2D eigenvalue weighted by Gasteiger charge is 2.61. The van der Waals surface area contributed by atoms with Gasteiger partial charge in [0.1, 0.15) is 4.49 Å². The van der Waals surface area contributed by atoms with E-state index in [0.29, 0.717) is 0 Å². The summed E-state index contributed by atoms with van der Waals surface area (Å²) in [5.74, 6) is 0.465. The summed E-state index contributed by atoms with van der Waals surface area (Å²) in [5, 5.41) is 0. The Morgan fingerprint density at radius 1 is 1.22 bits per heavy atom. The first-order chi connectivity index (χ1) is 8.34. The van der Waals surface area contributed by atoms with Gasteiger partial charge in [-0.15, -0.1) is 0 Å². The number of carbonyl (C=O) groups excluding carboxylic acids is 1.